The van der Waals surface area contributed by atoms with Crippen LogP contribution in [0.25, 0.3) is 0 Å². The Hall–Kier alpha value is -2.04. The molecule has 0 aliphatic carbocycles. The molecule has 0 atom stereocenters. The molecule has 0 spiro atoms. The monoisotopic (exact) mass is 258 g/mol. The Morgan fingerprint density at radius 2 is 2.32 bits per heavy atom. The van der Waals surface area contributed by atoms with Gasteiger partial charge in [-0.15, -0.1) is 0 Å². The van der Waals surface area contributed by atoms with E-state index >= 15 is 0 Å². The van der Waals surface area contributed by atoms with Crippen LogP contribution in [0, 0.1) is 0 Å². The second-order valence-corrected chi connectivity index (χ2v) is 4.87. The highest BCUT2D eigenvalue weighted by Crippen LogP contribution is 2.29. The van der Waals surface area contributed by atoms with Gasteiger partial charge in [-0.1, -0.05) is 12.1 Å². The summed E-state index contributed by atoms with van der Waals surface area (Å²) in [5.41, 5.74) is 9.22. The lowest BCUT2D eigenvalue weighted by molar-refractivity contribution is 0.376. The number of fused-ring (bicyclic) bond motifs is 1. The van der Waals surface area contributed by atoms with E-state index in [2.05, 4.69) is 27.2 Å². The van der Waals surface area contributed by atoms with Gasteiger partial charge >= 0.3 is 0 Å². The third-order valence-electron chi connectivity index (χ3n) is 3.46. The van der Waals surface area contributed by atoms with Crippen LogP contribution in [-0.2, 0) is 19.4 Å². The summed E-state index contributed by atoms with van der Waals surface area (Å²) < 4.78 is 5.15. The average Bonchev–Trinajstić information content (AvgIpc) is 2.86. The third kappa shape index (κ3) is 2.41. The molecule has 2 heterocycles. The molecule has 1 aliphatic rings. The van der Waals surface area contributed by atoms with Gasteiger partial charge in [0.1, 0.15) is 0 Å². The topological polar surface area (TPSA) is 68.2 Å². The number of nitrogens with two attached hydrogens (primary N) is 1. The van der Waals surface area contributed by atoms with Gasteiger partial charge in [-0.2, -0.15) is 4.98 Å². The zero-order chi connectivity index (χ0) is 13.2. The van der Waals surface area contributed by atoms with Gasteiger partial charge < -0.3 is 15.2 Å². The van der Waals surface area contributed by atoms with E-state index in [1.54, 1.807) is 0 Å². The highest BCUT2D eigenvalue weighted by Gasteiger charge is 2.19. The summed E-state index contributed by atoms with van der Waals surface area (Å²) in [6.07, 6.45) is 3.00. The molecule has 19 heavy (non-hydrogen) atoms. The van der Waals surface area contributed by atoms with Crippen LogP contribution >= 0.6 is 0 Å². The first-order valence-corrected chi connectivity index (χ1v) is 6.71. The molecule has 0 saturated carbocycles. The summed E-state index contributed by atoms with van der Waals surface area (Å²) >= 11 is 0. The molecule has 0 radical (unpaired) electrons. The summed E-state index contributed by atoms with van der Waals surface area (Å²) in [5.74, 6) is 1.45. The Labute approximate surface area is 112 Å². The van der Waals surface area contributed by atoms with Crippen molar-refractivity contribution in [2.24, 2.45) is 0 Å². The van der Waals surface area contributed by atoms with Crippen molar-refractivity contribution in [1.82, 2.24) is 10.1 Å². The molecule has 5 heteroatoms. The van der Waals surface area contributed by atoms with Crippen molar-refractivity contribution >= 4 is 11.4 Å². The number of nitrogen functional groups attached to an aromatic ring is 1. The van der Waals surface area contributed by atoms with Crippen LogP contribution in [0.5, 0.6) is 0 Å². The average molecular weight is 258 g/mol. The molecule has 2 aromatic rings. The fourth-order valence-corrected chi connectivity index (χ4v) is 2.53. The van der Waals surface area contributed by atoms with Crippen molar-refractivity contribution in [3.05, 3.63) is 35.5 Å². The van der Waals surface area contributed by atoms with E-state index < -0.39 is 0 Å². The predicted octanol–water partition coefficient (Wildman–Crippen LogP) is 2.17. The van der Waals surface area contributed by atoms with Crippen LogP contribution in [0.15, 0.2) is 22.7 Å². The number of aromatic nitrogens is 2. The highest BCUT2D eigenvalue weighted by atomic mass is 16.5. The number of hydrogen-bond acceptors (Lipinski definition) is 5. The number of hydrogen-bond donors (Lipinski definition) is 1. The Kier molecular flexibility index (Phi) is 3.11. The maximum Gasteiger partial charge on any atom is 0.226 e. The smallest absolute Gasteiger partial charge is 0.226 e. The molecule has 0 bridgehead atoms. The van der Waals surface area contributed by atoms with E-state index in [4.69, 9.17) is 10.3 Å². The van der Waals surface area contributed by atoms with Crippen LogP contribution in [0.1, 0.15) is 30.6 Å². The predicted molar refractivity (Wildman–Crippen MR) is 73.9 cm³/mol. The van der Waals surface area contributed by atoms with Crippen molar-refractivity contribution in [3.63, 3.8) is 0 Å². The largest absolute Gasteiger partial charge is 0.399 e. The highest BCUT2D eigenvalue weighted by molar-refractivity contribution is 5.61. The van der Waals surface area contributed by atoms with Gasteiger partial charge in [0, 0.05) is 24.3 Å². The normalized spacial score (nSPS) is 14.5. The molecule has 0 amide bonds. The summed E-state index contributed by atoms with van der Waals surface area (Å²) in [4.78, 5) is 6.66. The zero-order valence-corrected chi connectivity index (χ0v) is 11.1. The van der Waals surface area contributed by atoms with Crippen molar-refractivity contribution < 1.29 is 4.52 Å². The Bertz CT molecular complexity index is 579. The maximum absolute atomic E-state index is 5.84. The fourth-order valence-electron chi connectivity index (χ4n) is 2.53. The third-order valence-corrected chi connectivity index (χ3v) is 3.46. The van der Waals surface area contributed by atoms with Crippen molar-refractivity contribution in [2.75, 3.05) is 17.2 Å². The molecule has 100 valence electrons. The summed E-state index contributed by atoms with van der Waals surface area (Å²) in [6.45, 7) is 3.73. The van der Waals surface area contributed by atoms with Crippen LogP contribution in [0.2, 0.25) is 0 Å². The van der Waals surface area contributed by atoms with Crippen LogP contribution < -0.4 is 10.6 Å². The molecule has 0 saturated heterocycles. The molecular formula is C14H18N4O. The SMILES string of the molecule is CCc1nc(CN2CCCc3cc(N)ccc32)no1. The minimum Gasteiger partial charge on any atom is -0.399 e. The molecule has 5 nitrogen and oxygen atoms in total. The lowest BCUT2D eigenvalue weighted by Gasteiger charge is -2.30. The van der Waals surface area contributed by atoms with Gasteiger partial charge in [0.25, 0.3) is 0 Å². The van der Waals surface area contributed by atoms with Gasteiger partial charge in [0.2, 0.25) is 5.89 Å². The first-order valence-electron chi connectivity index (χ1n) is 6.71. The van der Waals surface area contributed by atoms with E-state index in [0.29, 0.717) is 12.4 Å². The lowest BCUT2D eigenvalue weighted by Crippen LogP contribution is -2.29. The number of benzene rings is 1. The number of rotatable bonds is 3. The molecule has 3 rings (SSSR count). The number of anilines is 2. The summed E-state index contributed by atoms with van der Waals surface area (Å²) in [7, 11) is 0. The molecule has 1 aromatic carbocycles. The second kappa shape index (κ2) is 4.91. The van der Waals surface area contributed by atoms with Crippen molar-refractivity contribution in [2.45, 2.75) is 32.7 Å². The molecule has 1 aromatic heterocycles. The minimum atomic E-state index is 0.695. The molecule has 0 fully saturated rings. The second-order valence-electron chi connectivity index (χ2n) is 4.87. The van der Waals surface area contributed by atoms with Gasteiger partial charge in [0.05, 0.1) is 6.54 Å². The Morgan fingerprint density at radius 3 is 3.11 bits per heavy atom. The van der Waals surface area contributed by atoms with Crippen LogP contribution in [-0.4, -0.2) is 16.7 Å². The number of aryl methyl sites for hydroxylation is 2. The van der Waals surface area contributed by atoms with Gasteiger partial charge in [-0.25, -0.2) is 0 Å². The maximum atomic E-state index is 5.84. The van der Waals surface area contributed by atoms with Gasteiger partial charge in [-0.3, -0.25) is 0 Å². The van der Waals surface area contributed by atoms with Crippen molar-refractivity contribution in [1.29, 1.82) is 0 Å². The zero-order valence-electron chi connectivity index (χ0n) is 11.1. The molecule has 2 N–H and O–H groups in total. The van der Waals surface area contributed by atoms with Crippen LogP contribution in [0.3, 0.4) is 0 Å². The van der Waals surface area contributed by atoms with E-state index in [9.17, 15) is 0 Å². The molecule has 1 aliphatic heterocycles. The van der Waals surface area contributed by atoms with E-state index in [1.807, 2.05) is 13.0 Å². The minimum absolute atomic E-state index is 0.695. The first kappa shape index (κ1) is 12.0. The Balaban J connectivity index is 1.83. The van der Waals surface area contributed by atoms with Crippen molar-refractivity contribution in [3.8, 4) is 0 Å². The lowest BCUT2D eigenvalue weighted by atomic mass is 10.0. The fraction of sp³-hybridized carbons (Fsp3) is 0.429. The van der Waals surface area contributed by atoms with Gasteiger partial charge in [0.15, 0.2) is 5.82 Å². The Morgan fingerprint density at radius 1 is 1.42 bits per heavy atom. The van der Waals surface area contributed by atoms with Gasteiger partial charge in [-0.05, 0) is 36.6 Å². The summed E-state index contributed by atoms with van der Waals surface area (Å²) in [5, 5.41) is 4.02. The van der Waals surface area contributed by atoms with E-state index in [0.717, 1.165) is 37.3 Å². The van der Waals surface area contributed by atoms with Crippen LogP contribution in [0.4, 0.5) is 11.4 Å². The number of nitrogens with zero attached hydrogens (tertiary/aromatic N) is 3. The quantitative estimate of drug-likeness (QED) is 0.854. The standard InChI is InChI=1S/C14H18N4O/c1-2-14-16-13(17-19-14)9-18-7-3-4-10-8-11(15)5-6-12(10)18/h5-6,8H,2-4,7,9,15H2,1H3. The van der Waals surface area contributed by atoms with E-state index in [-0.39, 0.29) is 0 Å². The molecule has 0 unspecified atom stereocenters. The first-order chi connectivity index (χ1) is 9.26. The molecular weight excluding hydrogens is 240 g/mol. The van der Waals surface area contributed by atoms with E-state index in [1.165, 1.54) is 11.3 Å². The summed E-state index contributed by atoms with van der Waals surface area (Å²) in [6, 6.07) is 6.10.